The molecule has 0 aliphatic heterocycles. The topological polar surface area (TPSA) is 26.3 Å². The summed E-state index contributed by atoms with van der Waals surface area (Å²) in [6.07, 6.45) is 0.849. The van der Waals surface area contributed by atoms with E-state index < -0.39 is 0 Å². The van der Waals surface area contributed by atoms with Crippen LogP contribution in [0.15, 0.2) is 23.1 Å². The second-order valence-corrected chi connectivity index (χ2v) is 4.30. The van der Waals surface area contributed by atoms with Crippen molar-refractivity contribution in [3.8, 4) is 5.06 Å². The third-order valence-corrected chi connectivity index (χ3v) is 3.66. The molecule has 14 heavy (non-hydrogen) atoms. The van der Waals surface area contributed by atoms with Crippen LogP contribution in [0.2, 0.25) is 0 Å². The summed E-state index contributed by atoms with van der Waals surface area (Å²) >= 11 is 5.82. The van der Waals surface area contributed by atoms with E-state index in [4.69, 9.17) is 4.74 Å². The Morgan fingerprint density at radius 1 is 1.50 bits per heavy atom. The lowest BCUT2D eigenvalue weighted by molar-refractivity contribution is 0.112. The zero-order valence-electron chi connectivity index (χ0n) is 7.48. The van der Waals surface area contributed by atoms with Crippen LogP contribution in [0, 0.1) is 0 Å². The number of methoxy groups -OCH3 is 1. The van der Waals surface area contributed by atoms with Crippen molar-refractivity contribution in [3.05, 3.63) is 23.8 Å². The van der Waals surface area contributed by atoms with Gasteiger partial charge in [-0.25, -0.2) is 0 Å². The van der Waals surface area contributed by atoms with Crippen molar-refractivity contribution in [1.82, 2.24) is 0 Å². The standard InChI is InChI=1S/C10H8O2S2/c1-12-9-4-7-6(5-11)2-3-8(13)10(7)14-9/h2-5,13H,1H3. The molecule has 0 aliphatic carbocycles. The fraction of sp³-hybridized carbons (Fsp3) is 0.100. The number of ether oxygens (including phenoxy) is 1. The molecule has 4 heteroatoms. The first-order chi connectivity index (χ1) is 6.76. The average Bonchev–Trinajstić information content (AvgIpc) is 2.63. The highest BCUT2D eigenvalue weighted by Gasteiger charge is 2.08. The van der Waals surface area contributed by atoms with Gasteiger partial charge in [0.15, 0.2) is 11.3 Å². The van der Waals surface area contributed by atoms with E-state index >= 15 is 0 Å². The fourth-order valence-electron chi connectivity index (χ4n) is 1.31. The maximum atomic E-state index is 10.8. The number of aldehydes is 1. The van der Waals surface area contributed by atoms with Crippen LogP contribution in [0.3, 0.4) is 0 Å². The van der Waals surface area contributed by atoms with Crippen molar-refractivity contribution in [2.24, 2.45) is 0 Å². The lowest BCUT2D eigenvalue weighted by atomic mass is 10.1. The van der Waals surface area contributed by atoms with Crippen molar-refractivity contribution in [1.29, 1.82) is 0 Å². The van der Waals surface area contributed by atoms with Gasteiger partial charge in [0, 0.05) is 21.9 Å². The second kappa shape index (κ2) is 3.63. The van der Waals surface area contributed by atoms with Crippen LogP contribution in [-0.4, -0.2) is 13.4 Å². The van der Waals surface area contributed by atoms with Crippen LogP contribution in [0.4, 0.5) is 0 Å². The van der Waals surface area contributed by atoms with Crippen molar-refractivity contribution in [3.63, 3.8) is 0 Å². The highest BCUT2D eigenvalue weighted by molar-refractivity contribution is 7.80. The molecule has 1 aromatic carbocycles. The zero-order valence-corrected chi connectivity index (χ0v) is 9.19. The molecule has 0 N–H and O–H groups in total. The molecule has 2 aromatic rings. The summed E-state index contributed by atoms with van der Waals surface area (Å²) in [4.78, 5) is 11.6. The maximum Gasteiger partial charge on any atom is 0.174 e. The number of carbonyl (C=O) groups excluding carboxylic acids is 1. The van der Waals surface area contributed by atoms with Gasteiger partial charge in [-0.2, -0.15) is 0 Å². The molecule has 0 fully saturated rings. The molecular formula is C10H8O2S2. The van der Waals surface area contributed by atoms with Gasteiger partial charge < -0.3 is 4.74 Å². The van der Waals surface area contributed by atoms with E-state index in [2.05, 4.69) is 12.6 Å². The van der Waals surface area contributed by atoms with Gasteiger partial charge in [-0.15, -0.1) is 12.6 Å². The van der Waals surface area contributed by atoms with Gasteiger partial charge in [0.1, 0.15) is 0 Å². The first kappa shape index (κ1) is 9.55. The van der Waals surface area contributed by atoms with Crippen LogP contribution >= 0.6 is 24.0 Å². The lowest BCUT2D eigenvalue weighted by Gasteiger charge is -1.95. The molecule has 0 saturated heterocycles. The van der Waals surface area contributed by atoms with Crippen LogP contribution in [0.1, 0.15) is 10.4 Å². The van der Waals surface area contributed by atoms with E-state index in [0.717, 1.165) is 26.3 Å². The Bertz CT molecular complexity index is 488. The summed E-state index contributed by atoms with van der Waals surface area (Å²) in [7, 11) is 1.61. The fourth-order valence-corrected chi connectivity index (χ4v) is 2.56. The smallest absolute Gasteiger partial charge is 0.174 e. The summed E-state index contributed by atoms with van der Waals surface area (Å²) in [5.74, 6) is 0. The quantitative estimate of drug-likeness (QED) is 0.627. The van der Waals surface area contributed by atoms with E-state index in [0.29, 0.717) is 5.56 Å². The Labute approximate surface area is 90.9 Å². The van der Waals surface area contributed by atoms with E-state index in [1.165, 1.54) is 11.3 Å². The van der Waals surface area contributed by atoms with Crippen LogP contribution in [-0.2, 0) is 0 Å². The molecule has 72 valence electrons. The average molecular weight is 224 g/mol. The molecule has 2 rings (SSSR count). The first-order valence-corrected chi connectivity index (χ1v) is 5.27. The highest BCUT2D eigenvalue weighted by Crippen LogP contribution is 2.36. The van der Waals surface area contributed by atoms with Gasteiger partial charge >= 0.3 is 0 Å². The predicted molar refractivity (Wildman–Crippen MR) is 61.0 cm³/mol. The summed E-state index contributed by atoms with van der Waals surface area (Å²) in [5.41, 5.74) is 0.678. The zero-order chi connectivity index (χ0) is 10.1. The molecule has 1 aromatic heterocycles. The largest absolute Gasteiger partial charge is 0.487 e. The van der Waals surface area contributed by atoms with Crippen molar-refractivity contribution < 1.29 is 9.53 Å². The SMILES string of the molecule is COc1cc2c(C=O)ccc(S)c2s1. The van der Waals surface area contributed by atoms with E-state index in [1.807, 2.05) is 12.1 Å². The normalized spacial score (nSPS) is 10.4. The number of hydrogen-bond donors (Lipinski definition) is 1. The molecule has 0 bridgehead atoms. The second-order valence-electron chi connectivity index (χ2n) is 2.80. The van der Waals surface area contributed by atoms with Gasteiger partial charge in [-0.3, -0.25) is 4.79 Å². The maximum absolute atomic E-state index is 10.8. The van der Waals surface area contributed by atoms with Crippen LogP contribution < -0.4 is 4.74 Å². The van der Waals surface area contributed by atoms with Crippen molar-refractivity contribution in [2.75, 3.05) is 7.11 Å². The monoisotopic (exact) mass is 224 g/mol. The van der Waals surface area contributed by atoms with Gasteiger partial charge in [-0.05, 0) is 12.1 Å². The number of benzene rings is 1. The number of thiophene rings is 1. The van der Waals surface area contributed by atoms with Gasteiger partial charge in [0.2, 0.25) is 0 Å². The number of rotatable bonds is 2. The number of hydrogen-bond acceptors (Lipinski definition) is 4. The summed E-state index contributed by atoms with van der Waals surface area (Å²) in [6.45, 7) is 0. The summed E-state index contributed by atoms with van der Waals surface area (Å²) < 4.78 is 6.12. The number of carbonyl (C=O) groups is 1. The van der Waals surface area contributed by atoms with Crippen molar-refractivity contribution in [2.45, 2.75) is 4.90 Å². The van der Waals surface area contributed by atoms with Gasteiger partial charge in [0.25, 0.3) is 0 Å². The Morgan fingerprint density at radius 2 is 2.29 bits per heavy atom. The highest BCUT2D eigenvalue weighted by atomic mass is 32.1. The molecule has 1 heterocycles. The molecule has 0 radical (unpaired) electrons. The molecule has 0 spiro atoms. The van der Waals surface area contributed by atoms with Gasteiger partial charge in [-0.1, -0.05) is 11.3 Å². The van der Waals surface area contributed by atoms with Crippen molar-refractivity contribution >= 4 is 40.3 Å². The Kier molecular flexibility index (Phi) is 2.48. The minimum Gasteiger partial charge on any atom is -0.487 e. The third kappa shape index (κ3) is 1.40. The van der Waals surface area contributed by atoms with E-state index in [-0.39, 0.29) is 0 Å². The van der Waals surface area contributed by atoms with Gasteiger partial charge in [0.05, 0.1) is 11.8 Å². The minimum absolute atomic E-state index is 0.678. The molecule has 2 nitrogen and oxygen atoms in total. The summed E-state index contributed by atoms with van der Waals surface area (Å²) in [5, 5.41) is 1.71. The molecule has 0 amide bonds. The van der Waals surface area contributed by atoms with Crippen LogP contribution in [0.25, 0.3) is 10.1 Å². The molecule has 0 saturated carbocycles. The van der Waals surface area contributed by atoms with E-state index in [9.17, 15) is 4.79 Å². The Hall–Kier alpha value is -1.000. The van der Waals surface area contributed by atoms with E-state index in [1.54, 1.807) is 13.2 Å². The first-order valence-electron chi connectivity index (χ1n) is 4.01. The summed E-state index contributed by atoms with van der Waals surface area (Å²) in [6, 6.07) is 5.46. The Morgan fingerprint density at radius 3 is 2.93 bits per heavy atom. The lowest BCUT2D eigenvalue weighted by Crippen LogP contribution is -1.80. The molecule has 0 aliphatic rings. The van der Waals surface area contributed by atoms with Crippen LogP contribution in [0.5, 0.6) is 5.06 Å². The minimum atomic E-state index is 0.678. The third-order valence-electron chi connectivity index (χ3n) is 2.00. The predicted octanol–water partition coefficient (Wildman–Crippen LogP) is 3.01. The number of fused-ring (bicyclic) bond motifs is 1. The molecule has 0 atom stereocenters. The Balaban J connectivity index is 2.81. The number of thiol groups is 1. The molecule has 0 unspecified atom stereocenters. The molecular weight excluding hydrogens is 216 g/mol.